The van der Waals surface area contributed by atoms with E-state index >= 15 is 0 Å². The Kier molecular flexibility index (Phi) is 5.34. The monoisotopic (exact) mass is 279 g/mol. The number of nitrogens with one attached hydrogen (secondary N) is 1. The summed E-state index contributed by atoms with van der Waals surface area (Å²) in [5.74, 6) is 0.995. The molecule has 0 saturated carbocycles. The molecule has 0 aliphatic carbocycles. The molecule has 2 N–H and O–H groups in total. The molecule has 0 radical (unpaired) electrons. The van der Waals surface area contributed by atoms with Crippen molar-refractivity contribution in [2.45, 2.75) is 45.5 Å². The molecular weight excluding hydrogens is 254 g/mol. The summed E-state index contributed by atoms with van der Waals surface area (Å²) >= 11 is 0. The lowest BCUT2D eigenvalue weighted by atomic mass is 10.1. The molecule has 20 heavy (non-hydrogen) atoms. The Balaban J connectivity index is 2.17. The third kappa shape index (κ3) is 3.69. The largest absolute Gasteiger partial charge is 0.394 e. The molecule has 1 saturated heterocycles. The Morgan fingerprint density at radius 1 is 1.55 bits per heavy atom. The van der Waals surface area contributed by atoms with Gasteiger partial charge in [-0.1, -0.05) is 19.9 Å². The quantitative estimate of drug-likeness (QED) is 0.847. The van der Waals surface area contributed by atoms with Gasteiger partial charge < -0.3 is 20.1 Å². The van der Waals surface area contributed by atoms with Gasteiger partial charge in [0, 0.05) is 30.9 Å². The lowest BCUT2D eigenvalue weighted by Crippen LogP contribution is -2.50. The zero-order valence-electron chi connectivity index (χ0n) is 12.5. The van der Waals surface area contributed by atoms with Crippen LogP contribution in [0.4, 0.5) is 5.82 Å². The van der Waals surface area contributed by atoms with Crippen molar-refractivity contribution in [3.05, 3.63) is 23.9 Å². The van der Waals surface area contributed by atoms with Crippen LogP contribution < -0.4 is 10.2 Å². The third-order valence-electron chi connectivity index (χ3n) is 3.55. The Morgan fingerprint density at radius 3 is 3.05 bits per heavy atom. The summed E-state index contributed by atoms with van der Waals surface area (Å²) in [7, 11) is 0. The summed E-state index contributed by atoms with van der Waals surface area (Å²) in [6.07, 6.45) is 1.70. The van der Waals surface area contributed by atoms with Crippen molar-refractivity contribution < 1.29 is 9.84 Å². The fourth-order valence-corrected chi connectivity index (χ4v) is 2.36. The van der Waals surface area contributed by atoms with Gasteiger partial charge in [0.05, 0.1) is 25.4 Å². The molecule has 0 amide bonds. The second-order valence-electron chi connectivity index (χ2n) is 5.66. The second-order valence-corrected chi connectivity index (χ2v) is 5.66. The van der Waals surface area contributed by atoms with E-state index in [9.17, 15) is 5.11 Å². The van der Waals surface area contributed by atoms with Gasteiger partial charge in [-0.2, -0.15) is 0 Å². The van der Waals surface area contributed by atoms with Gasteiger partial charge in [-0.3, -0.25) is 0 Å². The molecule has 0 aromatic carbocycles. The first-order valence-corrected chi connectivity index (χ1v) is 7.28. The molecule has 1 aliphatic heterocycles. The number of rotatable bonds is 5. The average Bonchev–Trinajstić information content (AvgIpc) is 2.46. The van der Waals surface area contributed by atoms with Crippen LogP contribution in [-0.4, -0.2) is 48.0 Å². The number of hydrogen-bond donors (Lipinski definition) is 2. The van der Waals surface area contributed by atoms with Gasteiger partial charge in [-0.25, -0.2) is 4.98 Å². The minimum absolute atomic E-state index is 0.0512. The van der Waals surface area contributed by atoms with E-state index in [-0.39, 0.29) is 18.8 Å². The van der Waals surface area contributed by atoms with Crippen molar-refractivity contribution >= 4 is 5.82 Å². The number of hydrogen-bond acceptors (Lipinski definition) is 5. The smallest absolute Gasteiger partial charge is 0.133 e. The maximum atomic E-state index is 9.30. The van der Waals surface area contributed by atoms with Crippen LogP contribution in [0.15, 0.2) is 18.3 Å². The number of anilines is 1. The summed E-state index contributed by atoms with van der Waals surface area (Å²) < 4.78 is 5.59. The van der Waals surface area contributed by atoms with Crippen molar-refractivity contribution in [2.24, 2.45) is 0 Å². The molecule has 112 valence electrons. The maximum Gasteiger partial charge on any atom is 0.133 e. The van der Waals surface area contributed by atoms with Crippen molar-refractivity contribution in [1.82, 2.24) is 10.3 Å². The number of morpholine rings is 1. The molecule has 2 unspecified atom stereocenters. The summed E-state index contributed by atoms with van der Waals surface area (Å²) in [6.45, 7) is 8.55. The highest BCUT2D eigenvalue weighted by atomic mass is 16.5. The zero-order chi connectivity index (χ0) is 14.5. The van der Waals surface area contributed by atoms with Crippen LogP contribution in [0.3, 0.4) is 0 Å². The molecule has 0 spiro atoms. The molecule has 1 aromatic rings. The normalized spacial score (nSPS) is 23.4. The van der Waals surface area contributed by atoms with E-state index in [2.05, 4.69) is 42.0 Å². The SMILES string of the molecule is CC(C)NCc1cccnc1N1CC(CO)OCC1C. The first-order chi connectivity index (χ1) is 9.61. The van der Waals surface area contributed by atoms with Gasteiger partial charge in [-0.15, -0.1) is 0 Å². The van der Waals surface area contributed by atoms with Gasteiger partial charge in [0.25, 0.3) is 0 Å². The summed E-state index contributed by atoms with van der Waals surface area (Å²) in [5, 5.41) is 12.7. The van der Waals surface area contributed by atoms with Gasteiger partial charge >= 0.3 is 0 Å². The molecule has 2 rings (SSSR count). The van der Waals surface area contributed by atoms with Crippen molar-refractivity contribution in [3.63, 3.8) is 0 Å². The van der Waals surface area contributed by atoms with Crippen molar-refractivity contribution in [1.29, 1.82) is 0 Å². The van der Waals surface area contributed by atoms with E-state index in [1.54, 1.807) is 0 Å². The van der Waals surface area contributed by atoms with E-state index in [4.69, 9.17) is 4.74 Å². The fraction of sp³-hybridized carbons (Fsp3) is 0.667. The van der Waals surface area contributed by atoms with Crippen molar-refractivity contribution in [3.8, 4) is 0 Å². The maximum absolute atomic E-state index is 9.30. The Morgan fingerprint density at radius 2 is 2.35 bits per heavy atom. The minimum Gasteiger partial charge on any atom is -0.394 e. The Labute approximate surface area is 121 Å². The van der Waals surface area contributed by atoms with E-state index in [1.807, 2.05) is 12.3 Å². The summed E-state index contributed by atoms with van der Waals surface area (Å²) in [5.41, 5.74) is 1.19. The van der Waals surface area contributed by atoms with E-state index in [0.717, 1.165) is 12.4 Å². The molecule has 1 fully saturated rings. The first-order valence-electron chi connectivity index (χ1n) is 7.28. The molecule has 1 aliphatic rings. The number of nitrogens with zero attached hydrogens (tertiary/aromatic N) is 2. The average molecular weight is 279 g/mol. The standard InChI is InChI=1S/C15H25N3O2/c1-11(2)17-7-13-5-4-6-16-15(13)18-8-14(9-19)20-10-12(18)3/h4-6,11-12,14,17,19H,7-10H2,1-3H3. The van der Waals surface area contributed by atoms with Gasteiger partial charge in [0.15, 0.2) is 0 Å². The van der Waals surface area contributed by atoms with Crippen LogP contribution in [0.1, 0.15) is 26.3 Å². The Bertz CT molecular complexity index is 425. The summed E-state index contributed by atoms with van der Waals surface area (Å²) in [4.78, 5) is 6.79. The molecule has 1 aromatic heterocycles. The fourth-order valence-electron chi connectivity index (χ4n) is 2.36. The molecule has 5 heteroatoms. The first kappa shape index (κ1) is 15.2. The van der Waals surface area contributed by atoms with Crippen LogP contribution in [0.25, 0.3) is 0 Å². The third-order valence-corrected chi connectivity index (χ3v) is 3.55. The number of aliphatic hydroxyl groups is 1. The molecule has 0 bridgehead atoms. The molecule has 2 atom stereocenters. The molecular formula is C15H25N3O2. The minimum atomic E-state index is -0.126. The van der Waals surface area contributed by atoms with Gasteiger partial charge in [0.2, 0.25) is 0 Å². The topological polar surface area (TPSA) is 57.6 Å². The van der Waals surface area contributed by atoms with Crippen LogP contribution in [-0.2, 0) is 11.3 Å². The molecule has 5 nitrogen and oxygen atoms in total. The van der Waals surface area contributed by atoms with Crippen LogP contribution in [0, 0.1) is 0 Å². The van der Waals surface area contributed by atoms with Crippen molar-refractivity contribution in [2.75, 3.05) is 24.7 Å². The van der Waals surface area contributed by atoms with Gasteiger partial charge in [0.1, 0.15) is 5.82 Å². The lowest BCUT2D eigenvalue weighted by molar-refractivity contribution is -0.0106. The van der Waals surface area contributed by atoms with E-state index in [1.165, 1.54) is 5.56 Å². The highest BCUT2D eigenvalue weighted by Gasteiger charge is 2.27. The van der Waals surface area contributed by atoms with E-state index in [0.29, 0.717) is 19.2 Å². The highest BCUT2D eigenvalue weighted by Crippen LogP contribution is 2.23. The zero-order valence-corrected chi connectivity index (χ0v) is 12.5. The Hall–Kier alpha value is -1.17. The van der Waals surface area contributed by atoms with Gasteiger partial charge in [-0.05, 0) is 13.0 Å². The predicted molar refractivity (Wildman–Crippen MR) is 79.8 cm³/mol. The predicted octanol–water partition coefficient (Wildman–Crippen LogP) is 1.17. The number of pyridine rings is 1. The lowest BCUT2D eigenvalue weighted by Gasteiger charge is -2.39. The number of ether oxygens (including phenoxy) is 1. The second kappa shape index (κ2) is 7.02. The van der Waals surface area contributed by atoms with Crippen LogP contribution in [0.2, 0.25) is 0 Å². The molecule has 2 heterocycles. The number of aliphatic hydroxyl groups excluding tert-OH is 1. The van der Waals surface area contributed by atoms with E-state index < -0.39 is 0 Å². The van der Waals surface area contributed by atoms with Crippen LogP contribution in [0.5, 0.6) is 0 Å². The summed E-state index contributed by atoms with van der Waals surface area (Å²) in [6, 6.07) is 4.78. The van der Waals surface area contributed by atoms with Crippen LogP contribution >= 0.6 is 0 Å². The number of aromatic nitrogens is 1. The highest BCUT2D eigenvalue weighted by molar-refractivity contribution is 5.48.